The van der Waals surface area contributed by atoms with Crippen molar-refractivity contribution in [2.75, 3.05) is 13.2 Å². The zero-order valence-electron chi connectivity index (χ0n) is 35.7. The quantitative estimate of drug-likeness (QED) is 0.0267. The number of unbranched alkanes of at least 4 members (excludes halogenated alkanes) is 24. The Morgan fingerprint density at radius 2 is 0.667 bits per heavy atom. The molecule has 0 spiro atoms. The van der Waals surface area contributed by atoms with Gasteiger partial charge in [-0.1, -0.05) is 192 Å². The molecule has 0 aromatic heterocycles. The van der Waals surface area contributed by atoms with Crippen molar-refractivity contribution < 1.29 is 28.6 Å². The molecule has 0 fully saturated rings. The zero-order chi connectivity index (χ0) is 39.4. The average molecular weight is 759 g/mol. The van der Waals surface area contributed by atoms with E-state index in [2.05, 4.69) is 57.2 Å². The minimum absolute atomic E-state index is 0.0810. The van der Waals surface area contributed by atoms with Gasteiger partial charge in [-0.15, -0.1) is 0 Å². The Morgan fingerprint density at radius 3 is 1.07 bits per heavy atom. The standard InChI is InChI=1S/C48H86O6/c1-4-7-10-13-16-19-22-23-24-25-27-29-32-35-38-41-47(50)53-44-45(43-52-46(49)40-37-34-31-28-21-18-15-12-9-6-3)54-48(51)42-39-36-33-30-26-20-17-14-11-8-5-2/h16,19,23-24,27,29,45H,4-15,17-18,20-22,25-26,28,30-44H2,1-3H3/b19-16-,24-23-,29-27-/t45-/m1/s1. The van der Waals surface area contributed by atoms with E-state index in [1.165, 1.54) is 122 Å². The van der Waals surface area contributed by atoms with Crippen LogP contribution in [0.2, 0.25) is 0 Å². The van der Waals surface area contributed by atoms with Gasteiger partial charge in [-0.2, -0.15) is 0 Å². The van der Waals surface area contributed by atoms with E-state index in [0.717, 1.165) is 70.6 Å². The summed E-state index contributed by atoms with van der Waals surface area (Å²) >= 11 is 0. The molecule has 0 aliphatic heterocycles. The summed E-state index contributed by atoms with van der Waals surface area (Å²) in [6.07, 6.45) is 48.4. The summed E-state index contributed by atoms with van der Waals surface area (Å²) in [4.78, 5) is 37.7. The summed E-state index contributed by atoms with van der Waals surface area (Å²) in [5.74, 6) is -0.920. The van der Waals surface area contributed by atoms with Crippen molar-refractivity contribution in [3.8, 4) is 0 Å². The number of rotatable bonds is 41. The summed E-state index contributed by atoms with van der Waals surface area (Å²) in [5.41, 5.74) is 0. The molecule has 1 atom stereocenters. The Kier molecular flexibility index (Phi) is 41.5. The molecular formula is C48H86O6. The van der Waals surface area contributed by atoms with Crippen LogP contribution in [0.25, 0.3) is 0 Å². The maximum Gasteiger partial charge on any atom is 0.306 e. The van der Waals surface area contributed by atoms with E-state index in [4.69, 9.17) is 14.2 Å². The lowest BCUT2D eigenvalue weighted by Gasteiger charge is -2.18. The summed E-state index contributed by atoms with van der Waals surface area (Å²) in [7, 11) is 0. The highest BCUT2D eigenvalue weighted by Gasteiger charge is 2.19. The van der Waals surface area contributed by atoms with Crippen LogP contribution in [0.4, 0.5) is 0 Å². The molecule has 0 saturated carbocycles. The molecule has 0 radical (unpaired) electrons. The van der Waals surface area contributed by atoms with Crippen molar-refractivity contribution in [3.05, 3.63) is 36.5 Å². The Hall–Kier alpha value is -2.37. The van der Waals surface area contributed by atoms with E-state index in [1.807, 2.05) is 0 Å². The van der Waals surface area contributed by atoms with E-state index in [1.54, 1.807) is 0 Å². The number of hydrogen-bond donors (Lipinski definition) is 0. The maximum absolute atomic E-state index is 12.7. The number of carbonyl (C=O) groups is 3. The monoisotopic (exact) mass is 759 g/mol. The Bertz CT molecular complexity index is 922. The van der Waals surface area contributed by atoms with Crippen molar-refractivity contribution in [2.45, 2.75) is 239 Å². The summed E-state index contributed by atoms with van der Waals surface area (Å²) in [5, 5.41) is 0. The van der Waals surface area contributed by atoms with Crippen LogP contribution in [0.1, 0.15) is 233 Å². The average Bonchev–Trinajstić information content (AvgIpc) is 3.17. The van der Waals surface area contributed by atoms with Crippen LogP contribution in [-0.4, -0.2) is 37.2 Å². The molecule has 0 aromatic rings. The van der Waals surface area contributed by atoms with Crippen LogP contribution >= 0.6 is 0 Å². The van der Waals surface area contributed by atoms with E-state index < -0.39 is 6.10 Å². The van der Waals surface area contributed by atoms with Gasteiger partial charge in [0.05, 0.1) is 0 Å². The molecule has 0 unspecified atom stereocenters. The van der Waals surface area contributed by atoms with Gasteiger partial charge in [0, 0.05) is 19.3 Å². The minimum Gasteiger partial charge on any atom is -0.462 e. The summed E-state index contributed by atoms with van der Waals surface area (Å²) < 4.78 is 16.7. The molecule has 314 valence electrons. The first-order valence-corrected chi connectivity index (χ1v) is 23.0. The van der Waals surface area contributed by atoms with Crippen molar-refractivity contribution in [1.29, 1.82) is 0 Å². The highest BCUT2D eigenvalue weighted by Crippen LogP contribution is 2.14. The molecule has 0 aliphatic rings. The second-order valence-electron chi connectivity index (χ2n) is 15.3. The molecule has 0 heterocycles. The van der Waals surface area contributed by atoms with Gasteiger partial charge in [0.2, 0.25) is 0 Å². The first-order valence-electron chi connectivity index (χ1n) is 23.0. The molecular weight excluding hydrogens is 673 g/mol. The lowest BCUT2D eigenvalue weighted by Crippen LogP contribution is -2.30. The summed E-state index contributed by atoms with van der Waals surface area (Å²) in [6, 6.07) is 0. The van der Waals surface area contributed by atoms with Gasteiger partial charge in [-0.05, 0) is 57.8 Å². The molecule has 0 N–H and O–H groups in total. The molecule has 54 heavy (non-hydrogen) atoms. The van der Waals surface area contributed by atoms with Crippen LogP contribution in [0, 0.1) is 0 Å². The van der Waals surface area contributed by atoms with E-state index in [0.29, 0.717) is 19.3 Å². The number of carbonyl (C=O) groups excluding carboxylic acids is 3. The van der Waals surface area contributed by atoms with E-state index in [9.17, 15) is 14.4 Å². The zero-order valence-corrected chi connectivity index (χ0v) is 35.7. The fourth-order valence-electron chi connectivity index (χ4n) is 6.39. The first kappa shape index (κ1) is 51.6. The first-order chi connectivity index (χ1) is 26.5. The van der Waals surface area contributed by atoms with E-state index >= 15 is 0 Å². The third kappa shape index (κ3) is 40.8. The topological polar surface area (TPSA) is 78.9 Å². The number of ether oxygens (including phenoxy) is 3. The number of esters is 3. The van der Waals surface area contributed by atoms with Crippen LogP contribution in [0.15, 0.2) is 36.5 Å². The second-order valence-corrected chi connectivity index (χ2v) is 15.3. The molecule has 6 nitrogen and oxygen atoms in total. The minimum atomic E-state index is -0.779. The Morgan fingerprint density at radius 1 is 0.370 bits per heavy atom. The van der Waals surface area contributed by atoms with Gasteiger partial charge in [0.1, 0.15) is 13.2 Å². The number of hydrogen-bond acceptors (Lipinski definition) is 6. The maximum atomic E-state index is 12.7. The van der Waals surface area contributed by atoms with Gasteiger partial charge in [0.25, 0.3) is 0 Å². The van der Waals surface area contributed by atoms with Crippen LogP contribution in [-0.2, 0) is 28.6 Å². The van der Waals surface area contributed by atoms with Crippen LogP contribution < -0.4 is 0 Å². The van der Waals surface area contributed by atoms with Crippen LogP contribution in [0.5, 0.6) is 0 Å². The molecule has 0 aliphatic carbocycles. The second kappa shape index (κ2) is 43.4. The third-order valence-corrected chi connectivity index (χ3v) is 9.90. The smallest absolute Gasteiger partial charge is 0.306 e. The van der Waals surface area contributed by atoms with Gasteiger partial charge in [0.15, 0.2) is 6.10 Å². The van der Waals surface area contributed by atoms with Gasteiger partial charge < -0.3 is 14.2 Å². The molecule has 0 saturated heterocycles. The molecule has 0 rings (SSSR count). The normalized spacial score (nSPS) is 12.3. The van der Waals surface area contributed by atoms with Crippen molar-refractivity contribution in [2.24, 2.45) is 0 Å². The largest absolute Gasteiger partial charge is 0.462 e. The fourth-order valence-corrected chi connectivity index (χ4v) is 6.39. The number of allylic oxidation sites excluding steroid dienone is 6. The SMILES string of the molecule is CCCCC/C=C\C/C=C\C/C=C\CCCCC(=O)OC[C@@H](COC(=O)CCCCCCCCCCCC)OC(=O)CCCCCCCCCCCCC. The van der Waals surface area contributed by atoms with Crippen molar-refractivity contribution in [1.82, 2.24) is 0 Å². The van der Waals surface area contributed by atoms with Gasteiger partial charge in [-0.3, -0.25) is 14.4 Å². The lowest BCUT2D eigenvalue weighted by atomic mass is 10.1. The Labute approximate surface area is 334 Å². The van der Waals surface area contributed by atoms with Crippen LogP contribution in [0.3, 0.4) is 0 Å². The third-order valence-electron chi connectivity index (χ3n) is 9.90. The van der Waals surface area contributed by atoms with Crippen molar-refractivity contribution >= 4 is 17.9 Å². The summed E-state index contributed by atoms with van der Waals surface area (Å²) in [6.45, 7) is 6.55. The molecule has 0 aromatic carbocycles. The van der Waals surface area contributed by atoms with Gasteiger partial charge >= 0.3 is 17.9 Å². The predicted molar refractivity (Wildman–Crippen MR) is 229 cm³/mol. The highest BCUT2D eigenvalue weighted by molar-refractivity contribution is 5.71. The van der Waals surface area contributed by atoms with E-state index in [-0.39, 0.29) is 31.1 Å². The molecule has 0 bridgehead atoms. The fraction of sp³-hybridized carbons (Fsp3) is 0.812. The molecule has 6 heteroatoms. The lowest BCUT2D eigenvalue weighted by molar-refractivity contribution is -0.167. The van der Waals surface area contributed by atoms with Gasteiger partial charge in [-0.25, -0.2) is 0 Å². The van der Waals surface area contributed by atoms with Crippen molar-refractivity contribution in [3.63, 3.8) is 0 Å². The highest BCUT2D eigenvalue weighted by atomic mass is 16.6. The Balaban J connectivity index is 4.41. The molecule has 0 amide bonds. The predicted octanol–water partition coefficient (Wildman–Crippen LogP) is 14.6.